The van der Waals surface area contributed by atoms with Crippen molar-refractivity contribution in [1.82, 2.24) is 0 Å². The van der Waals surface area contributed by atoms with E-state index in [1.807, 2.05) is 18.2 Å². The predicted octanol–water partition coefficient (Wildman–Crippen LogP) is 4.50. The Kier molecular flexibility index (Phi) is 5.26. The normalized spacial score (nSPS) is 11.7. The van der Waals surface area contributed by atoms with Crippen molar-refractivity contribution in [3.63, 3.8) is 0 Å². The molecule has 0 aliphatic heterocycles. The van der Waals surface area contributed by atoms with Crippen LogP contribution in [-0.4, -0.2) is 0 Å². The van der Waals surface area contributed by atoms with Gasteiger partial charge in [0, 0.05) is 4.47 Å². The van der Waals surface area contributed by atoms with Crippen molar-refractivity contribution >= 4 is 15.9 Å². The van der Waals surface area contributed by atoms with E-state index in [0.29, 0.717) is 25.5 Å². The third-order valence-corrected chi connectivity index (χ3v) is 2.36. The van der Waals surface area contributed by atoms with E-state index in [1.165, 1.54) is 12.2 Å². The van der Waals surface area contributed by atoms with Gasteiger partial charge in [-0.25, -0.2) is 8.78 Å². The summed E-state index contributed by atoms with van der Waals surface area (Å²) in [6.45, 7) is 0. The fourth-order valence-electron chi connectivity index (χ4n) is 1.31. The molecule has 3 heteroatoms. The summed E-state index contributed by atoms with van der Waals surface area (Å²) in [4.78, 5) is 0. The number of rotatable bonds is 4. The molecule has 1 rings (SSSR count). The maximum atomic E-state index is 11.8. The van der Waals surface area contributed by atoms with Crippen LogP contribution in [-0.2, 0) is 12.8 Å². The van der Waals surface area contributed by atoms with E-state index >= 15 is 0 Å². The third kappa shape index (κ3) is 4.38. The van der Waals surface area contributed by atoms with Gasteiger partial charge in [-0.05, 0) is 36.1 Å². The highest BCUT2D eigenvalue weighted by Gasteiger charge is 1.97. The van der Waals surface area contributed by atoms with E-state index in [1.54, 1.807) is 0 Å². The Balaban J connectivity index is 2.84. The number of allylic oxidation sites excluding steroid dienone is 2. The van der Waals surface area contributed by atoms with Crippen LogP contribution in [0.4, 0.5) is 8.78 Å². The van der Waals surface area contributed by atoms with E-state index in [4.69, 9.17) is 0 Å². The molecule has 0 radical (unpaired) electrons. The van der Waals surface area contributed by atoms with Crippen LogP contribution >= 0.6 is 15.9 Å². The first-order valence-corrected chi connectivity index (χ1v) is 5.34. The van der Waals surface area contributed by atoms with Gasteiger partial charge in [0.1, 0.15) is 0 Å². The molecule has 0 saturated carbocycles. The lowest BCUT2D eigenvalue weighted by atomic mass is 10.1. The van der Waals surface area contributed by atoms with Gasteiger partial charge in [0.25, 0.3) is 0 Å². The van der Waals surface area contributed by atoms with Crippen LogP contribution in [0.3, 0.4) is 0 Å². The fourth-order valence-corrected chi connectivity index (χ4v) is 1.90. The first-order valence-electron chi connectivity index (χ1n) is 4.55. The second-order valence-electron chi connectivity index (χ2n) is 3.10. The minimum atomic E-state index is 0.530. The third-order valence-electron chi connectivity index (χ3n) is 1.90. The quantitative estimate of drug-likeness (QED) is 0.757. The zero-order chi connectivity index (χ0) is 11.1. The monoisotopic (exact) mass is 272 g/mol. The molecule has 0 aliphatic rings. The van der Waals surface area contributed by atoms with Crippen LogP contribution in [0.25, 0.3) is 0 Å². The molecule has 0 saturated heterocycles. The zero-order valence-corrected chi connectivity index (χ0v) is 9.68. The van der Waals surface area contributed by atoms with Crippen molar-refractivity contribution in [3.05, 3.63) is 58.6 Å². The van der Waals surface area contributed by atoms with Crippen molar-refractivity contribution in [3.8, 4) is 0 Å². The van der Waals surface area contributed by atoms with Crippen molar-refractivity contribution in [2.45, 2.75) is 12.8 Å². The van der Waals surface area contributed by atoms with Crippen LogP contribution in [0.1, 0.15) is 11.1 Å². The van der Waals surface area contributed by atoms with Crippen LogP contribution < -0.4 is 0 Å². The Labute approximate surface area is 96.4 Å². The molecule has 80 valence electrons. The maximum Gasteiger partial charge on any atom is 0.0830 e. The highest BCUT2D eigenvalue weighted by molar-refractivity contribution is 9.10. The average molecular weight is 273 g/mol. The van der Waals surface area contributed by atoms with E-state index in [2.05, 4.69) is 15.9 Å². The number of halogens is 3. The zero-order valence-electron chi connectivity index (χ0n) is 8.09. The summed E-state index contributed by atoms with van der Waals surface area (Å²) in [6.07, 6.45) is 5.03. The molecule has 0 nitrogen and oxygen atoms in total. The Morgan fingerprint density at radius 3 is 1.80 bits per heavy atom. The molecule has 1 aromatic rings. The van der Waals surface area contributed by atoms with Gasteiger partial charge in [0.2, 0.25) is 0 Å². The molecular formula is C12H11BrF2. The average Bonchev–Trinajstić information content (AvgIpc) is 2.23. The Morgan fingerprint density at radius 2 is 1.40 bits per heavy atom. The van der Waals surface area contributed by atoms with Crippen molar-refractivity contribution in [2.75, 3.05) is 0 Å². The first kappa shape index (κ1) is 12.1. The first-order chi connectivity index (χ1) is 7.26. The smallest absolute Gasteiger partial charge is 0.0830 e. The van der Waals surface area contributed by atoms with Crippen LogP contribution in [0.2, 0.25) is 0 Å². The molecule has 0 aliphatic carbocycles. The van der Waals surface area contributed by atoms with E-state index in [0.717, 1.165) is 15.6 Å². The molecule has 0 heterocycles. The molecule has 0 bridgehead atoms. The molecular weight excluding hydrogens is 262 g/mol. The van der Waals surface area contributed by atoms with Crippen LogP contribution in [0.15, 0.2) is 47.5 Å². The molecule has 0 spiro atoms. The summed E-state index contributed by atoms with van der Waals surface area (Å²) in [6, 6.07) is 5.77. The minimum Gasteiger partial charge on any atom is -0.216 e. The standard InChI is InChI=1S/C12H11BrF2/c13-12-8-10(3-1-5-14)7-11(9-12)4-2-6-15/h1-2,5-9H,3-4H2. The summed E-state index contributed by atoms with van der Waals surface area (Å²) in [7, 11) is 0. The lowest BCUT2D eigenvalue weighted by Crippen LogP contribution is -1.87. The topological polar surface area (TPSA) is 0 Å². The Hall–Kier alpha value is -0.960. The summed E-state index contributed by atoms with van der Waals surface area (Å²) < 4.78 is 24.6. The summed E-state index contributed by atoms with van der Waals surface area (Å²) in [5.74, 6) is 0. The van der Waals surface area contributed by atoms with Crippen LogP contribution in [0, 0.1) is 0 Å². The van der Waals surface area contributed by atoms with Gasteiger partial charge in [-0.15, -0.1) is 0 Å². The lowest BCUT2D eigenvalue weighted by Gasteiger charge is -2.02. The molecule has 0 atom stereocenters. The van der Waals surface area contributed by atoms with Crippen LogP contribution in [0.5, 0.6) is 0 Å². The van der Waals surface area contributed by atoms with E-state index in [-0.39, 0.29) is 0 Å². The molecule has 0 unspecified atom stereocenters. The molecule has 1 aromatic carbocycles. The molecule has 0 amide bonds. The largest absolute Gasteiger partial charge is 0.216 e. The van der Waals surface area contributed by atoms with E-state index in [9.17, 15) is 8.78 Å². The minimum absolute atomic E-state index is 0.530. The second kappa shape index (κ2) is 6.51. The highest BCUT2D eigenvalue weighted by Crippen LogP contribution is 2.17. The van der Waals surface area contributed by atoms with Crippen molar-refractivity contribution < 1.29 is 8.78 Å². The maximum absolute atomic E-state index is 11.8. The number of hydrogen-bond acceptors (Lipinski definition) is 0. The number of hydrogen-bond donors (Lipinski definition) is 0. The van der Waals surface area contributed by atoms with Gasteiger partial charge in [0.05, 0.1) is 12.7 Å². The molecule has 0 fully saturated rings. The SMILES string of the molecule is FC=CCc1cc(Br)cc(CC=CF)c1. The predicted molar refractivity (Wildman–Crippen MR) is 62.0 cm³/mol. The van der Waals surface area contributed by atoms with Crippen molar-refractivity contribution in [2.24, 2.45) is 0 Å². The summed E-state index contributed by atoms with van der Waals surface area (Å²) in [5.41, 5.74) is 2.00. The summed E-state index contributed by atoms with van der Waals surface area (Å²) in [5, 5.41) is 0. The fraction of sp³-hybridized carbons (Fsp3) is 0.167. The van der Waals surface area contributed by atoms with Gasteiger partial charge >= 0.3 is 0 Å². The lowest BCUT2D eigenvalue weighted by molar-refractivity contribution is 0.716. The molecule has 0 N–H and O–H groups in total. The van der Waals surface area contributed by atoms with E-state index < -0.39 is 0 Å². The number of benzene rings is 1. The summed E-state index contributed by atoms with van der Waals surface area (Å²) >= 11 is 3.36. The van der Waals surface area contributed by atoms with Gasteiger partial charge in [-0.3, -0.25) is 0 Å². The van der Waals surface area contributed by atoms with Gasteiger partial charge < -0.3 is 0 Å². The van der Waals surface area contributed by atoms with Gasteiger partial charge in [-0.1, -0.05) is 34.1 Å². The molecule has 0 aromatic heterocycles. The second-order valence-corrected chi connectivity index (χ2v) is 4.02. The Bertz CT molecular complexity index is 338. The Morgan fingerprint density at radius 1 is 0.933 bits per heavy atom. The van der Waals surface area contributed by atoms with Gasteiger partial charge in [-0.2, -0.15) is 0 Å². The highest BCUT2D eigenvalue weighted by atomic mass is 79.9. The molecule has 15 heavy (non-hydrogen) atoms. The van der Waals surface area contributed by atoms with Crippen molar-refractivity contribution in [1.29, 1.82) is 0 Å². The van der Waals surface area contributed by atoms with Gasteiger partial charge in [0.15, 0.2) is 0 Å².